The van der Waals surface area contributed by atoms with Gasteiger partial charge in [0.05, 0.1) is 19.2 Å². The zero-order valence-corrected chi connectivity index (χ0v) is 14.5. The molecular weight excluding hydrogens is 346 g/mol. The molecule has 2 N–H and O–H groups in total. The van der Waals surface area contributed by atoms with Gasteiger partial charge < -0.3 is 19.2 Å². The van der Waals surface area contributed by atoms with Gasteiger partial charge in [-0.05, 0) is 6.92 Å². The molecule has 0 fully saturated rings. The minimum Gasteiger partial charge on any atom is -0.497 e. The lowest BCUT2D eigenvalue weighted by Gasteiger charge is -2.09. The van der Waals surface area contributed by atoms with Crippen molar-refractivity contribution in [1.82, 2.24) is 15.2 Å². The highest BCUT2D eigenvalue weighted by molar-refractivity contribution is 7.09. The third-order valence-corrected chi connectivity index (χ3v) is 3.87. The van der Waals surface area contributed by atoms with Gasteiger partial charge in [-0.25, -0.2) is 9.78 Å². The van der Waals surface area contributed by atoms with Crippen LogP contribution in [0.15, 0.2) is 28.0 Å². The third kappa shape index (κ3) is 4.04. The maximum absolute atomic E-state index is 12.1. The summed E-state index contributed by atoms with van der Waals surface area (Å²) >= 11 is 1.47. The topological polar surface area (TPSA) is 111 Å². The number of aromatic nitrogens is 3. The maximum Gasteiger partial charge on any atom is 0.327 e. The average molecular weight is 361 g/mol. The summed E-state index contributed by atoms with van der Waals surface area (Å²) in [6, 6.07) is 4.43. The van der Waals surface area contributed by atoms with Crippen LogP contribution in [0.5, 0.6) is 11.5 Å². The Morgan fingerprint density at radius 2 is 1.84 bits per heavy atom. The van der Waals surface area contributed by atoms with Crippen LogP contribution in [-0.4, -0.2) is 35.4 Å². The molecule has 2 amide bonds. The molecule has 2 aromatic heterocycles. The van der Waals surface area contributed by atoms with E-state index in [1.807, 2.05) is 6.92 Å². The van der Waals surface area contributed by atoms with E-state index < -0.39 is 6.03 Å². The Morgan fingerprint density at radius 1 is 1.12 bits per heavy atom. The number of nitrogens with zero attached hydrogens (tertiary/aromatic N) is 3. The quantitative estimate of drug-likeness (QED) is 0.718. The van der Waals surface area contributed by atoms with Gasteiger partial charge in [-0.2, -0.15) is 0 Å². The van der Waals surface area contributed by atoms with E-state index in [-0.39, 0.29) is 11.9 Å². The molecule has 0 unspecified atom stereocenters. The van der Waals surface area contributed by atoms with E-state index in [1.54, 1.807) is 23.6 Å². The zero-order chi connectivity index (χ0) is 17.8. The number of nitrogens with one attached hydrogen (secondary N) is 2. The number of hydrogen-bond donors (Lipinski definition) is 2. The summed E-state index contributed by atoms with van der Waals surface area (Å²) in [7, 11) is 3.05. The highest BCUT2D eigenvalue weighted by Crippen LogP contribution is 2.26. The van der Waals surface area contributed by atoms with Crippen LogP contribution in [0.3, 0.4) is 0 Å². The number of ether oxygens (including phenoxy) is 2. The van der Waals surface area contributed by atoms with Crippen molar-refractivity contribution in [3.63, 3.8) is 0 Å². The number of rotatable bonds is 5. The molecule has 9 nitrogen and oxygen atoms in total. The molecule has 10 heteroatoms. The molecule has 0 aliphatic heterocycles. The fourth-order valence-corrected chi connectivity index (χ4v) is 2.56. The first-order valence-corrected chi connectivity index (χ1v) is 8.02. The van der Waals surface area contributed by atoms with Gasteiger partial charge >= 0.3 is 12.0 Å². The van der Waals surface area contributed by atoms with E-state index in [0.717, 1.165) is 5.01 Å². The Bertz CT molecular complexity index is 869. The lowest BCUT2D eigenvalue weighted by atomic mass is 10.3. The Hall–Kier alpha value is -3.14. The van der Waals surface area contributed by atoms with Crippen molar-refractivity contribution in [2.45, 2.75) is 6.92 Å². The molecule has 3 aromatic rings. The molecule has 0 saturated carbocycles. The van der Waals surface area contributed by atoms with Gasteiger partial charge in [0, 0.05) is 29.3 Å². The monoisotopic (exact) mass is 361 g/mol. The van der Waals surface area contributed by atoms with Crippen LogP contribution in [-0.2, 0) is 0 Å². The SMILES string of the molecule is COc1cc(NC(=O)Nc2nnc(-c3csc(C)n3)o2)cc(OC)c1. The highest BCUT2D eigenvalue weighted by atomic mass is 32.1. The Labute approximate surface area is 147 Å². The summed E-state index contributed by atoms with van der Waals surface area (Å²) in [6.07, 6.45) is 0. The number of anilines is 2. The van der Waals surface area contributed by atoms with Crippen molar-refractivity contribution in [2.75, 3.05) is 24.9 Å². The lowest BCUT2D eigenvalue weighted by Crippen LogP contribution is -2.19. The summed E-state index contributed by atoms with van der Waals surface area (Å²) in [4.78, 5) is 16.3. The molecule has 0 aliphatic carbocycles. The summed E-state index contributed by atoms with van der Waals surface area (Å²) in [6.45, 7) is 1.87. The second-order valence-corrected chi connectivity index (χ2v) is 5.91. The minimum absolute atomic E-state index is 0.0342. The van der Waals surface area contributed by atoms with E-state index in [1.165, 1.54) is 25.6 Å². The van der Waals surface area contributed by atoms with Gasteiger partial charge in [0.25, 0.3) is 5.89 Å². The first-order valence-electron chi connectivity index (χ1n) is 7.14. The van der Waals surface area contributed by atoms with Gasteiger partial charge in [0.1, 0.15) is 17.2 Å². The number of benzene rings is 1. The number of carbonyl (C=O) groups is 1. The van der Waals surface area contributed by atoms with E-state index >= 15 is 0 Å². The summed E-state index contributed by atoms with van der Waals surface area (Å²) in [5.74, 6) is 1.34. The molecule has 0 bridgehead atoms. The first kappa shape index (κ1) is 16.7. The predicted octanol–water partition coefficient (Wildman–Crippen LogP) is 3.16. The van der Waals surface area contributed by atoms with E-state index in [2.05, 4.69) is 25.8 Å². The number of thiazole rings is 1. The number of urea groups is 1. The number of amides is 2. The second-order valence-electron chi connectivity index (χ2n) is 4.84. The van der Waals surface area contributed by atoms with Crippen molar-refractivity contribution in [1.29, 1.82) is 0 Å². The van der Waals surface area contributed by atoms with Gasteiger partial charge in [-0.3, -0.25) is 5.32 Å². The van der Waals surface area contributed by atoms with Crippen molar-refractivity contribution >= 4 is 29.1 Å². The first-order chi connectivity index (χ1) is 12.1. The Balaban J connectivity index is 1.68. The zero-order valence-electron chi connectivity index (χ0n) is 13.7. The molecule has 25 heavy (non-hydrogen) atoms. The largest absolute Gasteiger partial charge is 0.497 e. The summed E-state index contributed by atoms with van der Waals surface area (Å²) in [5, 5.41) is 15.4. The van der Waals surface area contributed by atoms with Gasteiger partial charge in [0.15, 0.2) is 0 Å². The van der Waals surface area contributed by atoms with Crippen LogP contribution in [0.4, 0.5) is 16.5 Å². The van der Waals surface area contributed by atoms with Crippen LogP contribution >= 0.6 is 11.3 Å². The van der Waals surface area contributed by atoms with Crippen molar-refractivity contribution in [2.24, 2.45) is 0 Å². The molecule has 1 aromatic carbocycles. The summed E-state index contributed by atoms with van der Waals surface area (Å²) < 4.78 is 15.7. The van der Waals surface area contributed by atoms with Gasteiger partial charge in [-0.1, -0.05) is 5.10 Å². The van der Waals surface area contributed by atoms with E-state index in [9.17, 15) is 4.79 Å². The fourth-order valence-electron chi connectivity index (χ4n) is 1.98. The predicted molar refractivity (Wildman–Crippen MR) is 92.3 cm³/mol. The molecule has 2 heterocycles. The van der Waals surface area contributed by atoms with Crippen LogP contribution in [0.2, 0.25) is 0 Å². The molecule has 0 radical (unpaired) electrons. The van der Waals surface area contributed by atoms with Crippen molar-refractivity contribution < 1.29 is 18.7 Å². The normalized spacial score (nSPS) is 10.4. The smallest absolute Gasteiger partial charge is 0.327 e. The van der Waals surface area contributed by atoms with Crippen molar-refractivity contribution in [3.8, 4) is 23.1 Å². The lowest BCUT2D eigenvalue weighted by molar-refractivity contribution is 0.261. The molecule has 0 atom stereocenters. The van der Waals surface area contributed by atoms with Crippen molar-refractivity contribution in [3.05, 3.63) is 28.6 Å². The molecule has 0 spiro atoms. The van der Waals surface area contributed by atoms with Gasteiger partial charge in [-0.15, -0.1) is 16.4 Å². The molecule has 0 saturated heterocycles. The standard InChI is InChI=1S/C15H15N5O4S/c1-8-16-12(7-25-8)13-19-20-15(24-13)18-14(21)17-9-4-10(22-2)6-11(5-9)23-3/h4-7H,1-3H3,(H2,17,18,20,21). The van der Waals surface area contributed by atoms with Crippen LogP contribution < -0.4 is 20.1 Å². The summed E-state index contributed by atoms with van der Waals surface area (Å²) in [5.41, 5.74) is 1.06. The minimum atomic E-state index is -0.542. The van der Waals surface area contributed by atoms with Crippen LogP contribution in [0.25, 0.3) is 11.6 Å². The number of hydrogen-bond acceptors (Lipinski definition) is 8. The molecule has 3 rings (SSSR count). The second kappa shape index (κ2) is 7.18. The molecule has 130 valence electrons. The van der Waals surface area contributed by atoms with Gasteiger partial charge in [0.2, 0.25) is 0 Å². The van der Waals surface area contributed by atoms with Crippen LogP contribution in [0.1, 0.15) is 5.01 Å². The Kier molecular flexibility index (Phi) is 4.80. The highest BCUT2D eigenvalue weighted by Gasteiger charge is 2.14. The maximum atomic E-state index is 12.1. The Morgan fingerprint density at radius 3 is 2.44 bits per heavy atom. The number of carbonyl (C=O) groups excluding carboxylic acids is 1. The third-order valence-electron chi connectivity index (χ3n) is 3.09. The molecule has 0 aliphatic rings. The van der Waals surface area contributed by atoms with Crippen LogP contribution in [0, 0.1) is 6.92 Å². The number of aryl methyl sites for hydroxylation is 1. The fraction of sp³-hybridized carbons (Fsp3) is 0.200. The van der Waals surface area contributed by atoms with E-state index in [0.29, 0.717) is 22.9 Å². The number of methoxy groups -OCH3 is 2. The van der Waals surface area contributed by atoms with E-state index in [4.69, 9.17) is 13.9 Å². The average Bonchev–Trinajstić information content (AvgIpc) is 3.23. The molecular formula is C15H15N5O4S.